The van der Waals surface area contributed by atoms with E-state index in [2.05, 4.69) is 130 Å². The first kappa shape index (κ1) is 26.7. The molecule has 0 saturated heterocycles. The summed E-state index contributed by atoms with van der Waals surface area (Å²) in [7, 11) is 0. The Morgan fingerprint density at radius 2 is 1.12 bits per heavy atom. The van der Waals surface area contributed by atoms with Gasteiger partial charge in [0.25, 0.3) is 0 Å². The minimum absolute atomic E-state index is 0.924. The molecule has 0 aliphatic rings. The minimum atomic E-state index is 0.924. The van der Waals surface area contributed by atoms with Gasteiger partial charge in [-0.15, -0.1) is 22.7 Å². The van der Waals surface area contributed by atoms with Crippen LogP contribution in [0.5, 0.6) is 0 Å². The van der Waals surface area contributed by atoms with Crippen LogP contribution >= 0.6 is 34.4 Å². The second-order valence-electron chi connectivity index (χ2n) is 10.3. The Morgan fingerprint density at radius 1 is 0.619 bits per heavy atom. The van der Waals surface area contributed by atoms with Gasteiger partial charge in [0.1, 0.15) is 0 Å². The highest BCUT2D eigenvalue weighted by Crippen LogP contribution is 2.45. The topological polar surface area (TPSA) is 0 Å². The molecule has 5 aromatic carbocycles. The van der Waals surface area contributed by atoms with Gasteiger partial charge < -0.3 is 0 Å². The summed E-state index contributed by atoms with van der Waals surface area (Å²) in [6.07, 6.45) is 3.78. The lowest BCUT2D eigenvalue weighted by Gasteiger charge is -2.15. The summed E-state index contributed by atoms with van der Waals surface area (Å²) in [5.41, 5.74) is 7.18. The van der Waals surface area contributed by atoms with Gasteiger partial charge in [0.2, 0.25) is 0 Å². The zero-order valence-electron chi connectivity index (χ0n) is 23.3. The second-order valence-corrected chi connectivity index (χ2v) is 13.8. The highest BCUT2D eigenvalue weighted by atomic mass is 32.2. The Balaban J connectivity index is 1.52. The maximum atomic E-state index is 4.23. The van der Waals surface area contributed by atoms with Gasteiger partial charge in [-0.3, -0.25) is 0 Å². The van der Waals surface area contributed by atoms with Crippen LogP contribution in [0.15, 0.2) is 145 Å². The SMILES string of the molecule is C=CC(=C)SC(C)=C(C=C)c1cc(-c2cccc3c2sc2ccccc23)cc(-c2cccc3c2sc2ccccc23)c1. The van der Waals surface area contributed by atoms with E-state index in [1.165, 1.54) is 62.6 Å². The molecule has 0 amide bonds. The summed E-state index contributed by atoms with van der Waals surface area (Å²) in [6, 6.07) is 37.8. The van der Waals surface area contributed by atoms with Crippen LogP contribution in [-0.4, -0.2) is 0 Å². The van der Waals surface area contributed by atoms with E-state index >= 15 is 0 Å². The number of hydrogen-bond donors (Lipinski definition) is 0. The smallest absolute Gasteiger partial charge is 0.0433 e. The fourth-order valence-corrected chi connectivity index (χ4v) is 9.07. The van der Waals surface area contributed by atoms with Crippen LogP contribution in [0, 0.1) is 0 Å². The highest BCUT2D eigenvalue weighted by molar-refractivity contribution is 8.07. The predicted molar refractivity (Wildman–Crippen MR) is 193 cm³/mol. The normalized spacial score (nSPS) is 12.2. The van der Waals surface area contributed by atoms with Gasteiger partial charge in [0.15, 0.2) is 0 Å². The summed E-state index contributed by atoms with van der Waals surface area (Å²) in [5, 5.41) is 5.24. The Bertz CT molecular complexity index is 2100. The molecule has 0 aliphatic carbocycles. The Labute approximate surface area is 258 Å². The molecule has 0 atom stereocenters. The fourth-order valence-electron chi connectivity index (χ4n) is 5.80. The highest BCUT2D eigenvalue weighted by Gasteiger charge is 2.16. The van der Waals surface area contributed by atoms with Crippen LogP contribution in [0.3, 0.4) is 0 Å². The monoisotopic (exact) mass is 592 g/mol. The first-order valence-corrected chi connectivity index (χ1v) is 16.3. The molecule has 0 spiro atoms. The first-order chi connectivity index (χ1) is 20.6. The average molecular weight is 593 g/mol. The van der Waals surface area contributed by atoms with Crippen molar-refractivity contribution in [2.24, 2.45) is 0 Å². The molecule has 0 unspecified atom stereocenters. The maximum absolute atomic E-state index is 4.23. The number of rotatable bonds is 7. The minimum Gasteiger partial charge on any atom is -0.135 e. The molecule has 0 N–H and O–H groups in total. The average Bonchev–Trinajstić information content (AvgIpc) is 3.59. The van der Waals surface area contributed by atoms with Gasteiger partial charge in [-0.1, -0.05) is 116 Å². The molecule has 3 heteroatoms. The molecule has 7 aromatic rings. The summed E-state index contributed by atoms with van der Waals surface area (Å²) in [5.74, 6) is 0. The zero-order valence-corrected chi connectivity index (χ0v) is 25.8. The number of hydrogen-bond acceptors (Lipinski definition) is 3. The molecule has 0 aliphatic heterocycles. The van der Waals surface area contributed by atoms with Gasteiger partial charge in [-0.05, 0) is 75.6 Å². The van der Waals surface area contributed by atoms with Crippen molar-refractivity contribution in [1.29, 1.82) is 0 Å². The number of allylic oxidation sites excluding steroid dienone is 4. The van der Waals surface area contributed by atoms with E-state index in [1.807, 2.05) is 28.7 Å². The number of thioether (sulfide) groups is 1. The Morgan fingerprint density at radius 3 is 1.62 bits per heavy atom. The van der Waals surface area contributed by atoms with Crippen molar-refractivity contribution in [3.63, 3.8) is 0 Å². The summed E-state index contributed by atoms with van der Waals surface area (Å²) < 4.78 is 5.26. The second kappa shape index (κ2) is 10.9. The molecule has 202 valence electrons. The van der Waals surface area contributed by atoms with Gasteiger partial charge in [0, 0.05) is 45.2 Å². The van der Waals surface area contributed by atoms with Crippen molar-refractivity contribution < 1.29 is 0 Å². The Kier molecular flexibility index (Phi) is 6.95. The first-order valence-electron chi connectivity index (χ1n) is 13.8. The summed E-state index contributed by atoms with van der Waals surface area (Å²) in [4.78, 5) is 2.08. The molecule has 7 rings (SSSR count). The van der Waals surface area contributed by atoms with Crippen LogP contribution < -0.4 is 0 Å². The van der Waals surface area contributed by atoms with E-state index in [0.29, 0.717) is 0 Å². The van der Waals surface area contributed by atoms with Crippen LogP contribution in [0.25, 0.3) is 68.2 Å². The maximum Gasteiger partial charge on any atom is 0.0433 e. The third-order valence-electron chi connectivity index (χ3n) is 7.77. The van der Waals surface area contributed by atoms with Crippen LogP contribution in [0.1, 0.15) is 12.5 Å². The lowest BCUT2D eigenvalue weighted by molar-refractivity contribution is 1.56. The largest absolute Gasteiger partial charge is 0.135 e. The molecule has 0 nitrogen and oxygen atoms in total. The predicted octanol–water partition coefficient (Wildman–Crippen LogP) is 13.1. The molecule has 2 heterocycles. The van der Waals surface area contributed by atoms with E-state index in [1.54, 1.807) is 17.8 Å². The van der Waals surface area contributed by atoms with Crippen LogP contribution in [0.2, 0.25) is 0 Å². The quantitative estimate of drug-likeness (QED) is 0.166. The van der Waals surface area contributed by atoms with E-state index in [9.17, 15) is 0 Å². The summed E-state index contributed by atoms with van der Waals surface area (Å²) in [6.45, 7) is 14.4. The molecule has 2 aromatic heterocycles. The van der Waals surface area contributed by atoms with Crippen molar-refractivity contribution in [3.8, 4) is 22.3 Å². The van der Waals surface area contributed by atoms with E-state index in [4.69, 9.17) is 0 Å². The molecular weight excluding hydrogens is 565 g/mol. The van der Waals surface area contributed by atoms with E-state index in [-0.39, 0.29) is 0 Å². The van der Waals surface area contributed by atoms with Crippen molar-refractivity contribution in [3.05, 3.63) is 150 Å². The van der Waals surface area contributed by atoms with Gasteiger partial charge >= 0.3 is 0 Å². The lowest BCUT2D eigenvalue weighted by Crippen LogP contribution is -1.90. The van der Waals surface area contributed by atoms with Crippen LogP contribution in [0.4, 0.5) is 0 Å². The molecule has 0 fully saturated rings. The zero-order chi connectivity index (χ0) is 28.8. The molecule has 0 radical (unpaired) electrons. The Hall–Kier alpha value is -4.15. The van der Waals surface area contributed by atoms with Crippen molar-refractivity contribution >= 4 is 80.4 Å². The number of fused-ring (bicyclic) bond motifs is 6. The third kappa shape index (κ3) is 4.55. The fraction of sp³-hybridized carbons (Fsp3) is 0.0256. The van der Waals surface area contributed by atoms with E-state index < -0.39 is 0 Å². The molecule has 0 saturated carbocycles. The molecule has 42 heavy (non-hydrogen) atoms. The third-order valence-corrected chi connectivity index (χ3v) is 11.2. The standard InChI is InChI=1S/C39H28S3/c1-5-24(3)40-25(4)29(6-2)26-21-27(30-15-11-17-34-32-13-7-9-19-36(32)41-38(30)34)23-28(22-26)31-16-12-18-35-33-14-8-10-20-37(33)42-39(31)35/h5-23H,1-3H2,4H3. The van der Waals surface area contributed by atoms with E-state index in [0.717, 1.165) is 20.9 Å². The molecule has 0 bridgehead atoms. The lowest BCUT2D eigenvalue weighted by atomic mass is 9.92. The van der Waals surface area contributed by atoms with Gasteiger partial charge in [-0.2, -0.15) is 0 Å². The number of benzene rings is 5. The molecular formula is C39H28S3. The summed E-state index contributed by atoms with van der Waals surface area (Å²) >= 11 is 5.38. The van der Waals surface area contributed by atoms with Crippen molar-refractivity contribution in [2.75, 3.05) is 0 Å². The van der Waals surface area contributed by atoms with Crippen molar-refractivity contribution in [2.45, 2.75) is 6.92 Å². The van der Waals surface area contributed by atoms with Crippen molar-refractivity contribution in [1.82, 2.24) is 0 Å². The number of thiophene rings is 2. The van der Waals surface area contributed by atoms with Gasteiger partial charge in [0.05, 0.1) is 0 Å². The van der Waals surface area contributed by atoms with Gasteiger partial charge in [-0.25, -0.2) is 0 Å². The van der Waals surface area contributed by atoms with Crippen LogP contribution in [-0.2, 0) is 0 Å².